The minimum atomic E-state index is 0. The summed E-state index contributed by atoms with van der Waals surface area (Å²) in [6.07, 6.45) is 1.55. The Hall–Kier alpha value is -3.72. The van der Waals surface area contributed by atoms with Crippen molar-refractivity contribution in [3.05, 3.63) is 186 Å². The summed E-state index contributed by atoms with van der Waals surface area (Å²) < 4.78 is 0. The maximum atomic E-state index is 10.6. The van der Waals surface area contributed by atoms with Gasteiger partial charge >= 0.3 is 26.2 Å². The number of hydrogen-bond acceptors (Lipinski definition) is 2. The van der Waals surface area contributed by atoms with Crippen molar-refractivity contribution in [1.82, 2.24) is 5.32 Å². The maximum absolute atomic E-state index is 10.6. The molecule has 0 fully saturated rings. The van der Waals surface area contributed by atoms with Gasteiger partial charge in [0, 0.05) is 6.42 Å². The average Bonchev–Trinajstić information content (AvgIpc) is 3.02. The predicted octanol–water partition coefficient (Wildman–Crippen LogP) is 9.68. The Morgan fingerprint density at radius 1 is 0.636 bits per heavy atom. The van der Waals surface area contributed by atoms with Crippen LogP contribution in [0.1, 0.15) is 53.1 Å². The van der Waals surface area contributed by atoms with Gasteiger partial charge in [0.05, 0.1) is 0 Å². The van der Waals surface area contributed by atoms with Gasteiger partial charge in [-0.25, -0.2) is 0 Å². The fourth-order valence-corrected chi connectivity index (χ4v) is 4.48. The number of nitrogens with one attached hydrogen (secondary N) is 1. The molecule has 0 aliphatic rings. The maximum Gasteiger partial charge on any atom is 4.00 e. The number of hydrogen-bond donors (Lipinski definition) is 2. The Morgan fingerprint density at radius 2 is 1.16 bits per heavy atom. The van der Waals surface area contributed by atoms with Crippen molar-refractivity contribution in [3.8, 4) is 5.75 Å². The van der Waals surface area contributed by atoms with Crippen LogP contribution < -0.4 is 5.32 Å². The molecule has 0 aromatic heterocycles. The molecule has 5 aromatic rings. The van der Waals surface area contributed by atoms with Gasteiger partial charge in [0.1, 0.15) is 5.75 Å². The molecule has 0 bridgehead atoms. The molecule has 5 rings (SSSR count). The van der Waals surface area contributed by atoms with E-state index in [4.69, 9.17) is 5.32 Å². The van der Waals surface area contributed by atoms with E-state index in [2.05, 4.69) is 63.3 Å². The molecule has 0 aliphatic heterocycles. The molecule has 0 atom stereocenters. The molecule has 0 aliphatic carbocycles. The quantitative estimate of drug-likeness (QED) is 0.116. The van der Waals surface area contributed by atoms with E-state index in [1.54, 1.807) is 0 Å². The molecule has 0 saturated heterocycles. The summed E-state index contributed by atoms with van der Waals surface area (Å²) in [6, 6.07) is 44.4. The van der Waals surface area contributed by atoms with Crippen LogP contribution in [0, 0.1) is 13.8 Å². The van der Waals surface area contributed by atoms with Crippen molar-refractivity contribution in [3.63, 3.8) is 0 Å². The number of aromatic hydroxyl groups is 1. The van der Waals surface area contributed by atoms with E-state index in [1.807, 2.05) is 103 Å². The van der Waals surface area contributed by atoms with Crippen LogP contribution in [0.3, 0.4) is 0 Å². The summed E-state index contributed by atoms with van der Waals surface area (Å²) >= 11 is 0. The van der Waals surface area contributed by atoms with Crippen LogP contribution in [0.2, 0.25) is 0 Å². The third-order valence-electron chi connectivity index (χ3n) is 6.83. The van der Waals surface area contributed by atoms with Crippen LogP contribution >= 0.6 is 0 Å². The van der Waals surface area contributed by atoms with Gasteiger partial charge in [-0.2, -0.15) is 49.2 Å². The van der Waals surface area contributed by atoms with E-state index in [9.17, 15) is 5.11 Å². The fraction of sp³-hybridized carbons (Fsp3) is 0.200. The Kier molecular flexibility index (Phi) is 17.5. The van der Waals surface area contributed by atoms with Gasteiger partial charge in [-0.15, -0.1) is 36.5 Å². The summed E-state index contributed by atoms with van der Waals surface area (Å²) in [4.78, 5) is 0. The van der Waals surface area contributed by atoms with E-state index in [1.165, 1.54) is 11.1 Å². The monoisotopic (exact) mass is 659 g/mol. The first-order chi connectivity index (χ1) is 20.9. The van der Waals surface area contributed by atoms with E-state index < -0.39 is 0 Å². The van der Waals surface area contributed by atoms with Crippen molar-refractivity contribution in [2.45, 2.75) is 32.6 Å². The second-order valence-corrected chi connectivity index (χ2v) is 10.7. The number of para-hydroxylation sites is 2. The Labute approximate surface area is 284 Å². The number of nitrogens with zero attached hydrogens (tertiary/aromatic N) is 1. The molecule has 0 spiro atoms. The first-order valence-corrected chi connectivity index (χ1v) is 15.0. The zero-order chi connectivity index (χ0) is 30.7. The summed E-state index contributed by atoms with van der Waals surface area (Å²) in [5.41, 5.74) is 7.72. The third kappa shape index (κ3) is 13.7. The second kappa shape index (κ2) is 21.1. The predicted molar refractivity (Wildman–Crippen MR) is 184 cm³/mol. The zero-order valence-electron chi connectivity index (χ0n) is 26.1. The van der Waals surface area contributed by atoms with Gasteiger partial charge in [-0.1, -0.05) is 104 Å². The Morgan fingerprint density at radius 3 is 1.70 bits per heavy atom. The molecule has 0 saturated carbocycles. The van der Waals surface area contributed by atoms with E-state index in [-0.39, 0.29) is 26.2 Å². The van der Waals surface area contributed by atoms with Crippen molar-refractivity contribution in [2.24, 2.45) is 0 Å². The normalized spacial score (nSPS) is 9.98. The van der Waals surface area contributed by atoms with Gasteiger partial charge in [0.15, 0.2) is 0 Å². The molecule has 2 N–H and O–H groups in total. The van der Waals surface area contributed by atoms with E-state index >= 15 is 0 Å². The first-order valence-electron chi connectivity index (χ1n) is 15.0. The molecule has 224 valence electrons. The minimum absolute atomic E-state index is 0. The molecule has 0 unspecified atom stereocenters. The van der Waals surface area contributed by atoms with E-state index in [0.29, 0.717) is 11.7 Å². The van der Waals surface area contributed by atoms with Gasteiger partial charge < -0.3 is 15.7 Å². The Balaban J connectivity index is 0.000000367. The van der Waals surface area contributed by atoms with Crippen LogP contribution in [-0.2, 0) is 39.0 Å². The van der Waals surface area contributed by atoms with Gasteiger partial charge in [0.2, 0.25) is 0 Å². The van der Waals surface area contributed by atoms with Crippen molar-refractivity contribution >= 4 is 5.69 Å². The molecule has 0 heterocycles. The standard InChI is InChI=1S/C26H31N2O.2C7H7.Zr/c1-20(2)24-13-6-7-14-25(24)28-18-17-27-16-15-22-11-8-12-23(26(22)29)19-21-9-4-3-5-10-21;2*1-7-5-3-2-4-6-7;/h3-14,20,27,29H,15-19H2,1-2H3;2*2-6H,1H2;/q3*-1;+4. The van der Waals surface area contributed by atoms with E-state index in [0.717, 1.165) is 60.4 Å². The minimum Gasteiger partial charge on any atom is -0.683 e. The molecule has 3 nitrogen and oxygen atoms in total. The second-order valence-electron chi connectivity index (χ2n) is 10.7. The summed E-state index contributed by atoms with van der Waals surface area (Å²) in [7, 11) is 0. The van der Waals surface area contributed by atoms with Crippen molar-refractivity contribution in [1.29, 1.82) is 0 Å². The van der Waals surface area contributed by atoms with Crippen molar-refractivity contribution < 1.29 is 31.3 Å². The van der Waals surface area contributed by atoms with Gasteiger partial charge in [-0.3, -0.25) is 0 Å². The molecule has 5 aromatic carbocycles. The van der Waals surface area contributed by atoms with Crippen molar-refractivity contribution in [2.75, 3.05) is 19.6 Å². The largest absolute Gasteiger partial charge is 4.00 e. The average molecular weight is 661 g/mol. The van der Waals surface area contributed by atoms with Gasteiger partial charge in [0.25, 0.3) is 0 Å². The number of phenolic OH excluding ortho intramolecular Hbond substituents is 1. The van der Waals surface area contributed by atoms with Crippen LogP contribution in [0.4, 0.5) is 5.69 Å². The molecule has 0 amide bonds. The van der Waals surface area contributed by atoms with Crippen LogP contribution in [0.15, 0.2) is 133 Å². The molecular formula is C40H45N2OZr+. The fourth-order valence-electron chi connectivity index (χ4n) is 4.48. The van der Waals surface area contributed by atoms with Crippen LogP contribution in [0.25, 0.3) is 5.32 Å². The number of phenols is 1. The Bertz CT molecular complexity index is 1400. The third-order valence-corrected chi connectivity index (χ3v) is 6.83. The molecule has 44 heavy (non-hydrogen) atoms. The van der Waals surface area contributed by atoms with Crippen LogP contribution in [-0.4, -0.2) is 24.7 Å². The molecule has 0 radical (unpaired) electrons. The number of rotatable bonds is 10. The summed E-state index contributed by atoms with van der Waals surface area (Å²) in [5, 5.41) is 18.8. The topological polar surface area (TPSA) is 46.4 Å². The molecular weight excluding hydrogens is 616 g/mol. The zero-order valence-corrected chi connectivity index (χ0v) is 28.6. The summed E-state index contributed by atoms with van der Waals surface area (Å²) in [6.45, 7) is 14.2. The SMILES string of the molecule is CC(C)c1ccccc1[N-]CCNCCc1cccc(Cc2ccccc2)c1O.[CH2-]c1ccccc1.[CH2-]c1ccccc1.[Zr+4]. The number of benzene rings is 5. The first kappa shape index (κ1) is 36.5. The van der Waals surface area contributed by atoms with Crippen LogP contribution in [0.5, 0.6) is 5.75 Å². The summed E-state index contributed by atoms with van der Waals surface area (Å²) in [5.74, 6) is 0.905. The molecule has 4 heteroatoms. The van der Waals surface area contributed by atoms with Gasteiger partial charge in [-0.05, 0) is 42.1 Å². The smallest absolute Gasteiger partial charge is 0.683 e.